The molecule has 2 aromatic heterocycles. The topological polar surface area (TPSA) is 46.6 Å². The molecular formula is C13H14N4S. The molecule has 18 heavy (non-hydrogen) atoms. The van der Waals surface area contributed by atoms with Gasteiger partial charge in [0.15, 0.2) is 4.96 Å². The van der Waals surface area contributed by atoms with Gasteiger partial charge in [0.2, 0.25) is 0 Å². The maximum atomic E-state index is 5.79. The van der Waals surface area contributed by atoms with Gasteiger partial charge in [-0.05, 0) is 18.2 Å². The standard InChI is InChI=1S/C13H14N4S/c1-16(12-4-2-3-10(14)7-12)8-11-9-17-5-6-18-13(17)15-11/h2-7,9H,8,14H2,1H3. The van der Waals surface area contributed by atoms with E-state index in [1.807, 2.05) is 41.2 Å². The van der Waals surface area contributed by atoms with Crippen molar-refractivity contribution in [1.29, 1.82) is 0 Å². The normalized spacial score (nSPS) is 10.9. The summed E-state index contributed by atoms with van der Waals surface area (Å²) in [5.74, 6) is 0. The van der Waals surface area contributed by atoms with Gasteiger partial charge in [-0.25, -0.2) is 4.98 Å². The predicted molar refractivity (Wildman–Crippen MR) is 76.0 cm³/mol. The SMILES string of the molecule is CN(Cc1cn2ccsc2n1)c1cccc(N)c1. The Kier molecular flexibility index (Phi) is 2.68. The summed E-state index contributed by atoms with van der Waals surface area (Å²) in [5, 5.41) is 2.04. The summed E-state index contributed by atoms with van der Waals surface area (Å²) < 4.78 is 2.05. The molecule has 0 saturated carbocycles. The smallest absolute Gasteiger partial charge is 0.193 e. The van der Waals surface area contributed by atoms with Crippen molar-refractivity contribution < 1.29 is 0 Å². The Hall–Kier alpha value is -2.01. The van der Waals surface area contributed by atoms with Crippen molar-refractivity contribution in [3.63, 3.8) is 0 Å². The highest BCUT2D eigenvalue weighted by Gasteiger charge is 2.06. The Morgan fingerprint density at radius 2 is 2.33 bits per heavy atom. The van der Waals surface area contributed by atoms with E-state index in [1.165, 1.54) is 0 Å². The van der Waals surface area contributed by atoms with E-state index in [1.54, 1.807) is 11.3 Å². The van der Waals surface area contributed by atoms with Gasteiger partial charge in [0.1, 0.15) is 0 Å². The summed E-state index contributed by atoms with van der Waals surface area (Å²) in [6.45, 7) is 0.776. The van der Waals surface area contributed by atoms with E-state index >= 15 is 0 Å². The van der Waals surface area contributed by atoms with E-state index in [9.17, 15) is 0 Å². The summed E-state index contributed by atoms with van der Waals surface area (Å²) >= 11 is 1.65. The average molecular weight is 258 g/mol. The quantitative estimate of drug-likeness (QED) is 0.735. The van der Waals surface area contributed by atoms with Gasteiger partial charge in [0.05, 0.1) is 12.2 Å². The summed E-state index contributed by atoms with van der Waals surface area (Å²) in [4.78, 5) is 7.74. The molecule has 0 amide bonds. The minimum absolute atomic E-state index is 0.776. The Balaban J connectivity index is 1.81. The van der Waals surface area contributed by atoms with Crippen molar-refractivity contribution in [3.8, 4) is 0 Å². The number of benzene rings is 1. The molecule has 0 atom stereocenters. The zero-order valence-electron chi connectivity index (χ0n) is 10.1. The first-order valence-electron chi connectivity index (χ1n) is 5.70. The Bertz CT molecular complexity index is 642. The van der Waals surface area contributed by atoms with E-state index in [4.69, 9.17) is 5.73 Å². The monoisotopic (exact) mass is 258 g/mol. The molecule has 3 aromatic rings. The molecule has 0 fully saturated rings. The molecule has 2 heterocycles. The van der Waals surface area contributed by atoms with Gasteiger partial charge in [0.25, 0.3) is 0 Å². The number of nitrogens with two attached hydrogens (primary N) is 1. The average Bonchev–Trinajstić information content (AvgIpc) is 2.89. The van der Waals surface area contributed by atoms with Crippen molar-refractivity contribution in [2.24, 2.45) is 0 Å². The van der Waals surface area contributed by atoms with Crippen molar-refractivity contribution in [2.75, 3.05) is 17.7 Å². The summed E-state index contributed by atoms with van der Waals surface area (Å²) in [5.41, 5.74) is 8.74. The number of aromatic nitrogens is 2. The fourth-order valence-electron chi connectivity index (χ4n) is 1.95. The van der Waals surface area contributed by atoms with Crippen LogP contribution < -0.4 is 10.6 Å². The molecule has 0 aliphatic carbocycles. The maximum Gasteiger partial charge on any atom is 0.193 e. The molecule has 92 valence electrons. The second-order valence-corrected chi connectivity index (χ2v) is 5.15. The predicted octanol–water partition coefficient (Wildman–Crippen LogP) is 2.61. The number of hydrogen-bond donors (Lipinski definition) is 1. The Morgan fingerprint density at radius 1 is 1.44 bits per heavy atom. The third-order valence-electron chi connectivity index (χ3n) is 2.85. The molecule has 2 N–H and O–H groups in total. The number of nitrogens with zero attached hydrogens (tertiary/aromatic N) is 3. The third-order valence-corrected chi connectivity index (χ3v) is 3.62. The van der Waals surface area contributed by atoms with E-state index < -0.39 is 0 Å². The van der Waals surface area contributed by atoms with Crippen LogP contribution in [0.1, 0.15) is 5.69 Å². The molecule has 0 spiro atoms. The molecule has 4 nitrogen and oxygen atoms in total. The lowest BCUT2D eigenvalue weighted by Gasteiger charge is -2.18. The molecular weight excluding hydrogens is 244 g/mol. The molecule has 0 bridgehead atoms. The molecule has 3 rings (SSSR count). The number of hydrogen-bond acceptors (Lipinski definition) is 4. The van der Waals surface area contributed by atoms with E-state index in [0.717, 1.165) is 28.6 Å². The second-order valence-electron chi connectivity index (χ2n) is 4.28. The lowest BCUT2D eigenvalue weighted by molar-refractivity contribution is 0.896. The fraction of sp³-hybridized carbons (Fsp3) is 0.154. The minimum atomic E-state index is 0.776. The van der Waals surface area contributed by atoms with Gasteiger partial charge in [-0.3, -0.25) is 4.40 Å². The van der Waals surface area contributed by atoms with Crippen LogP contribution in [0.15, 0.2) is 42.0 Å². The molecule has 0 unspecified atom stereocenters. The minimum Gasteiger partial charge on any atom is -0.399 e. The summed E-state index contributed by atoms with van der Waals surface area (Å²) in [6.07, 6.45) is 4.09. The van der Waals surface area contributed by atoms with E-state index in [0.29, 0.717) is 0 Å². The highest BCUT2D eigenvalue weighted by molar-refractivity contribution is 7.15. The number of rotatable bonds is 3. The lowest BCUT2D eigenvalue weighted by atomic mass is 10.2. The first-order chi connectivity index (χ1) is 8.72. The third kappa shape index (κ3) is 2.04. The van der Waals surface area contributed by atoms with Gasteiger partial charge in [0, 0.05) is 36.2 Å². The Morgan fingerprint density at radius 3 is 3.11 bits per heavy atom. The van der Waals surface area contributed by atoms with Crippen LogP contribution in [0.5, 0.6) is 0 Å². The van der Waals surface area contributed by atoms with Crippen LogP contribution in [-0.4, -0.2) is 16.4 Å². The van der Waals surface area contributed by atoms with Gasteiger partial charge >= 0.3 is 0 Å². The zero-order chi connectivity index (χ0) is 12.5. The molecule has 5 heteroatoms. The van der Waals surface area contributed by atoms with Gasteiger partial charge < -0.3 is 10.6 Å². The molecule has 0 radical (unpaired) electrons. The van der Waals surface area contributed by atoms with Gasteiger partial charge in [-0.1, -0.05) is 6.07 Å². The second kappa shape index (κ2) is 4.34. The number of fused-ring (bicyclic) bond motifs is 1. The van der Waals surface area contributed by atoms with Crippen LogP contribution in [-0.2, 0) is 6.54 Å². The number of anilines is 2. The van der Waals surface area contributed by atoms with E-state index in [2.05, 4.69) is 22.1 Å². The number of thiazole rings is 1. The van der Waals surface area contributed by atoms with Crippen LogP contribution in [0, 0.1) is 0 Å². The summed E-state index contributed by atoms with van der Waals surface area (Å²) in [7, 11) is 2.04. The Labute approximate surface area is 109 Å². The lowest BCUT2D eigenvalue weighted by Crippen LogP contribution is -2.16. The molecule has 0 saturated heterocycles. The molecule has 0 aliphatic rings. The van der Waals surface area contributed by atoms with Crippen molar-refractivity contribution in [2.45, 2.75) is 6.54 Å². The van der Waals surface area contributed by atoms with Crippen molar-refractivity contribution in [1.82, 2.24) is 9.38 Å². The van der Waals surface area contributed by atoms with Crippen LogP contribution in [0.25, 0.3) is 4.96 Å². The molecule has 1 aromatic carbocycles. The highest BCUT2D eigenvalue weighted by atomic mass is 32.1. The highest BCUT2D eigenvalue weighted by Crippen LogP contribution is 2.19. The van der Waals surface area contributed by atoms with Crippen molar-refractivity contribution >= 4 is 27.7 Å². The van der Waals surface area contributed by atoms with Crippen LogP contribution >= 0.6 is 11.3 Å². The first kappa shape index (κ1) is 11.1. The first-order valence-corrected chi connectivity index (χ1v) is 6.58. The van der Waals surface area contributed by atoms with Crippen LogP contribution in [0.2, 0.25) is 0 Å². The van der Waals surface area contributed by atoms with E-state index in [-0.39, 0.29) is 0 Å². The van der Waals surface area contributed by atoms with Gasteiger partial charge in [-0.15, -0.1) is 11.3 Å². The molecule has 0 aliphatic heterocycles. The van der Waals surface area contributed by atoms with Crippen molar-refractivity contribution in [3.05, 3.63) is 47.7 Å². The summed E-state index contributed by atoms with van der Waals surface area (Å²) in [6, 6.07) is 7.88. The maximum absolute atomic E-state index is 5.79. The fourth-order valence-corrected chi connectivity index (χ4v) is 2.67. The largest absolute Gasteiger partial charge is 0.399 e. The van der Waals surface area contributed by atoms with Gasteiger partial charge in [-0.2, -0.15) is 0 Å². The van der Waals surface area contributed by atoms with Crippen LogP contribution in [0.4, 0.5) is 11.4 Å². The number of imidazole rings is 1. The zero-order valence-corrected chi connectivity index (χ0v) is 10.9. The van der Waals surface area contributed by atoms with Crippen LogP contribution in [0.3, 0.4) is 0 Å². The number of nitrogen functional groups attached to an aromatic ring is 1.